The molecule has 0 unspecified atom stereocenters. The summed E-state index contributed by atoms with van der Waals surface area (Å²) >= 11 is 0. The van der Waals surface area contributed by atoms with Crippen LogP contribution in [0, 0.1) is 6.92 Å². The zero-order chi connectivity index (χ0) is 16.5. The number of hydrogen-bond acceptors (Lipinski definition) is 5. The Morgan fingerprint density at radius 1 is 1.21 bits per heavy atom. The molecular formula is C18H20N6. The summed E-state index contributed by atoms with van der Waals surface area (Å²) in [6.07, 6.45) is 4.64. The van der Waals surface area contributed by atoms with E-state index in [0.29, 0.717) is 0 Å². The fourth-order valence-electron chi connectivity index (χ4n) is 3.04. The predicted molar refractivity (Wildman–Crippen MR) is 93.0 cm³/mol. The van der Waals surface area contributed by atoms with Crippen molar-refractivity contribution in [1.29, 1.82) is 0 Å². The van der Waals surface area contributed by atoms with Crippen molar-refractivity contribution in [2.75, 3.05) is 12.3 Å². The molecule has 0 amide bonds. The standard InChI is InChI=1S/C18H20N6/c1-12-17(22-11-21-12)10-24-7-6-16-14(9-24)8-20-18(23-16)13-2-4-15(19)5-3-13/h2-5,8,11H,6-7,9-10,19H2,1H3,(H,21,22). The second-order valence-corrected chi connectivity index (χ2v) is 6.22. The van der Waals surface area contributed by atoms with Crippen LogP contribution in [0.25, 0.3) is 11.4 Å². The lowest BCUT2D eigenvalue weighted by Crippen LogP contribution is -2.31. The van der Waals surface area contributed by atoms with Crippen LogP contribution in [0.3, 0.4) is 0 Å². The van der Waals surface area contributed by atoms with Gasteiger partial charge in [-0.3, -0.25) is 4.90 Å². The number of benzene rings is 1. The normalized spacial score (nSPS) is 14.5. The topological polar surface area (TPSA) is 83.7 Å². The Morgan fingerprint density at radius 3 is 2.79 bits per heavy atom. The van der Waals surface area contributed by atoms with Crippen LogP contribution in [0.2, 0.25) is 0 Å². The van der Waals surface area contributed by atoms with E-state index in [4.69, 9.17) is 10.7 Å². The van der Waals surface area contributed by atoms with Crippen LogP contribution >= 0.6 is 0 Å². The van der Waals surface area contributed by atoms with Gasteiger partial charge in [0.25, 0.3) is 0 Å². The number of nitrogen functional groups attached to an aromatic ring is 1. The van der Waals surface area contributed by atoms with Gasteiger partial charge < -0.3 is 10.7 Å². The highest BCUT2D eigenvalue weighted by Crippen LogP contribution is 2.22. The van der Waals surface area contributed by atoms with Gasteiger partial charge >= 0.3 is 0 Å². The highest BCUT2D eigenvalue weighted by molar-refractivity contribution is 5.58. The van der Waals surface area contributed by atoms with E-state index in [2.05, 4.69) is 26.8 Å². The molecule has 2 aromatic heterocycles. The van der Waals surface area contributed by atoms with E-state index in [0.717, 1.165) is 60.2 Å². The quantitative estimate of drug-likeness (QED) is 0.724. The zero-order valence-electron chi connectivity index (χ0n) is 13.7. The summed E-state index contributed by atoms with van der Waals surface area (Å²) in [7, 11) is 0. The number of aromatic amines is 1. The van der Waals surface area contributed by atoms with Gasteiger partial charge in [0.05, 0.1) is 17.7 Å². The zero-order valence-corrected chi connectivity index (χ0v) is 13.7. The van der Waals surface area contributed by atoms with Crippen molar-refractivity contribution in [2.24, 2.45) is 0 Å². The van der Waals surface area contributed by atoms with Crippen molar-refractivity contribution in [1.82, 2.24) is 24.8 Å². The van der Waals surface area contributed by atoms with Crippen molar-refractivity contribution < 1.29 is 0 Å². The smallest absolute Gasteiger partial charge is 0.159 e. The van der Waals surface area contributed by atoms with Crippen molar-refractivity contribution in [3.8, 4) is 11.4 Å². The molecule has 0 spiro atoms. The molecule has 0 bridgehead atoms. The van der Waals surface area contributed by atoms with Crippen LogP contribution < -0.4 is 5.73 Å². The van der Waals surface area contributed by atoms with E-state index in [-0.39, 0.29) is 0 Å². The molecule has 0 radical (unpaired) electrons. The summed E-state index contributed by atoms with van der Waals surface area (Å²) in [6.45, 7) is 4.76. The maximum absolute atomic E-state index is 5.74. The molecule has 3 N–H and O–H groups in total. The molecule has 0 atom stereocenters. The van der Waals surface area contributed by atoms with Crippen molar-refractivity contribution in [3.63, 3.8) is 0 Å². The SMILES string of the molecule is Cc1[nH]cnc1CN1CCc2nc(-c3ccc(N)cc3)ncc2C1. The third kappa shape index (κ3) is 2.88. The van der Waals surface area contributed by atoms with Gasteiger partial charge in [-0.2, -0.15) is 0 Å². The highest BCUT2D eigenvalue weighted by Gasteiger charge is 2.20. The van der Waals surface area contributed by atoms with Gasteiger partial charge in [-0.25, -0.2) is 15.0 Å². The van der Waals surface area contributed by atoms with Crippen LogP contribution in [0.15, 0.2) is 36.8 Å². The van der Waals surface area contributed by atoms with E-state index in [9.17, 15) is 0 Å². The van der Waals surface area contributed by atoms with Crippen molar-refractivity contribution >= 4 is 5.69 Å². The highest BCUT2D eigenvalue weighted by atomic mass is 15.1. The lowest BCUT2D eigenvalue weighted by molar-refractivity contribution is 0.240. The minimum Gasteiger partial charge on any atom is -0.399 e. The van der Waals surface area contributed by atoms with Crippen molar-refractivity contribution in [3.05, 3.63) is 59.4 Å². The third-order valence-electron chi connectivity index (χ3n) is 4.49. The molecule has 0 saturated heterocycles. The van der Waals surface area contributed by atoms with Gasteiger partial charge in [0.15, 0.2) is 5.82 Å². The number of fused-ring (bicyclic) bond motifs is 1. The molecule has 4 rings (SSSR count). The molecular weight excluding hydrogens is 300 g/mol. The van der Waals surface area contributed by atoms with Gasteiger partial charge in [-0.1, -0.05) is 0 Å². The molecule has 3 heterocycles. The average molecular weight is 320 g/mol. The first kappa shape index (κ1) is 14.8. The largest absolute Gasteiger partial charge is 0.399 e. The first-order valence-corrected chi connectivity index (χ1v) is 8.11. The molecule has 0 fully saturated rings. The van der Waals surface area contributed by atoms with Gasteiger partial charge in [-0.15, -0.1) is 0 Å². The number of rotatable bonds is 3. The summed E-state index contributed by atoms with van der Waals surface area (Å²) in [5, 5.41) is 0. The fraction of sp³-hybridized carbons (Fsp3) is 0.278. The molecule has 1 aliphatic heterocycles. The Bertz CT molecular complexity index is 852. The monoisotopic (exact) mass is 320 g/mol. The molecule has 0 saturated carbocycles. The number of aromatic nitrogens is 4. The van der Waals surface area contributed by atoms with E-state index < -0.39 is 0 Å². The molecule has 6 heteroatoms. The molecule has 6 nitrogen and oxygen atoms in total. The van der Waals surface area contributed by atoms with Crippen LogP contribution in [-0.4, -0.2) is 31.4 Å². The Morgan fingerprint density at radius 2 is 2.04 bits per heavy atom. The summed E-state index contributed by atoms with van der Waals surface area (Å²) in [5.74, 6) is 0.769. The van der Waals surface area contributed by atoms with E-state index in [1.807, 2.05) is 30.5 Å². The molecule has 1 aromatic carbocycles. The van der Waals surface area contributed by atoms with E-state index >= 15 is 0 Å². The van der Waals surface area contributed by atoms with Gasteiger partial charge in [0, 0.05) is 54.8 Å². The summed E-state index contributed by atoms with van der Waals surface area (Å²) in [5.41, 5.74) is 12.1. The first-order chi connectivity index (χ1) is 11.7. The second kappa shape index (κ2) is 6.05. The molecule has 122 valence electrons. The van der Waals surface area contributed by atoms with Gasteiger partial charge in [0.1, 0.15) is 0 Å². The number of aryl methyl sites for hydroxylation is 1. The Balaban J connectivity index is 1.53. The number of nitrogens with one attached hydrogen (secondary N) is 1. The average Bonchev–Trinajstić information content (AvgIpc) is 3.00. The Labute approximate surface area is 140 Å². The molecule has 3 aromatic rings. The maximum Gasteiger partial charge on any atom is 0.159 e. The summed E-state index contributed by atoms with van der Waals surface area (Å²) in [6, 6.07) is 7.69. The van der Waals surface area contributed by atoms with E-state index in [1.54, 1.807) is 6.33 Å². The summed E-state index contributed by atoms with van der Waals surface area (Å²) in [4.78, 5) is 19.2. The summed E-state index contributed by atoms with van der Waals surface area (Å²) < 4.78 is 0. The fourth-order valence-corrected chi connectivity index (χ4v) is 3.04. The minimum absolute atomic E-state index is 0.751. The van der Waals surface area contributed by atoms with E-state index in [1.165, 1.54) is 5.56 Å². The molecule has 0 aliphatic carbocycles. The number of nitrogens with zero attached hydrogens (tertiary/aromatic N) is 4. The first-order valence-electron chi connectivity index (χ1n) is 8.11. The van der Waals surface area contributed by atoms with Crippen LogP contribution in [0.5, 0.6) is 0 Å². The number of anilines is 1. The second-order valence-electron chi connectivity index (χ2n) is 6.22. The lowest BCUT2D eigenvalue weighted by Gasteiger charge is -2.27. The Kier molecular flexibility index (Phi) is 3.74. The Hall–Kier alpha value is -2.73. The predicted octanol–water partition coefficient (Wildman–Crippen LogP) is 2.32. The maximum atomic E-state index is 5.74. The van der Waals surface area contributed by atoms with Crippen LogP contribution in [-0.2, 0) is 19.5 Å². The number of hydrogen-bond donors (Lipinski definition) is 2. The lowest BCUT2D eigenvalue weighted by atomic mass is 10.1. The van der Waals surface area contributed by atoms with Gasteiger partial charge in [0.2, 0.25) is 0 Å². The molecule has 1 aliphatic rings. The molecule has 24 heavy (non-hydrogen) atoms. The number of imidazole rings is 1. The third-order valence-corrected chi connectivity index (χ3v) is 4.49. The number of H-pyrrole nitrogens is 1. The van der Waals surface area contributed by atoms with Crippen LogP contribution in [0.1, 0.15) is 22.6 Å². The van der Waals surface area contributed by atoms with Crippen molar-refractivity contribution in [2.45, 2.75) is 26.4 Å². The van der Waals surface area contributed by atoms with Gasteiger partial charge in [-0.05, 0) is 31.2 Å². The number of nitrogens with two attached hydrogens (primary N) is 1. The van der Waals surface area contributed by atoms with Crippen LogP contribution in [0.4, 0.5) is 5.69 Å². The minimum atomic E-state index is 0.751.